The monoisotopic (exact) mass is 355 g/mol. The molecule has 0 saturated heterocycles. The summed E-state index contributed by atoms with van der Waals surface area (Å²) in [7, 11) is 0. The van der Waals surface area contributed by atoms with E-state index in [4.69, 9.17) is 4.74 Å². The lowest BCUT2D eigenvalue weighted by atomic mass is 9.81. The molecule has 1 fully saturated rings. The molecular formula is C22H26FNO2. The highest BCUT2D eigenvalue weighted by atomic mass is 19.1. The molecule has 3 nitrogen and oxygen atoms in total. The van der Waals surface area contributed by atoms with Gasteiger partial charge >= 0.3 is 5.97 Å². The van der Waals surface area contributed by atoms with E-state index in [1.54, 1.807) is 18.3 Å². The molecule has 2 aromatic rings. The number of halogens is 1. The quantitative estimate of drug-likeness (QED) is 0.675. The van der Waals surface area contributed by atoms with Crippen LogP contribution in [0, 0.1) is 17.7 Å². The van der Waals surface area contributed by atoms with Gasteiger partial charge in [0.05, 0.1) is 12.1 Å². The molecule has 4 heteroatoms. The van der Waals surface area contributed by atoms with Crippen molar-refractivity contribution in [3.8, 4) is 5.75 Å². The number of esters is 1. The van der Waals surface area contributed by atoms with Gasteiger partial charge in [-0.25, -0.2) is 4.39 Å². The minimum atomic E-state index is -0.221. The summed E-state index contributed by atoms with van der Waals surface area (Å²) in [5.41, 5.74) is 2.00. The lowest BCUT2D eigenvalue weighted by Gasteiger charge is -2.26. The van der Waals surface area contributed by atoms with Gasteiger partial charge in [0.25, 0.3) is 0 Å². The molecule has 0 N–H and O–H groups in total. The summed E-state index contributed by atoms with van der Waals surface area (Å²) < 4.78 is 18.4. The molecule has 0 unspecified atom stereocenters. The van der Waals surface area contributed by atoms with Gasteiger partial charge in [-0.1, -0.05) is 25.5 Å². The van der Waals surface area contributed by atoms with Gasteiger partial charge in [-0.3, -0.25) is 9.78 Å². The van der Waals surface area contributed by atoms with Crippen molar-refractivity contribution in [1.82, 2.24) is 4.98 Å². The number of carbonyl (C=O) groups excluding carboxylic acids is 1. The number of hydrogen-bond donors (Lipinski definition) is 0. The van der Waals surface area contributed by atoms with Gasteiger partial charge in [0.15, 0.2) is 0 Å². The molecule has 0 bridgehead atoms. The highest BCUT2D eigenvalue weighted by molar-refractivity contribution is 5.75. The first-order valence-corrected chi connectivity index (χ1v) is 9.55. The van der Waals surface area contributed by atoms with Gasteiger partial charge in [-0.05, 0) is 74.3 Å². The third kappa shape index (κ3) is 5.13. The highest BCUT2D eigenvalue weighted by Gasteiger charge is 2.27. The van der Waals surface area contributed by atoms with Crippen molar-refractivity contribution >= 4 is 5.97 Å². The molecule has 1 heterocycles. The SMILES string of the molecule is CCC1CCC(C(=O)Oc2ccc(CCc3ccc(F)cc3)nc2)CC1. The van der Waals surface area contributed by atoms with Crippen LogP contribution in [-0.4, -0.2) is 11.0 Å². The number of aryl methyl sites for hydroxylation is 2. The molecule has 1 aromatic heterocycles. The average molecular weight is 355 g/mol. The Hall–Kier alpha value is -2.23. The van der Waals surface area contributed by atoms with E-state index in [1.165, 1.54) is 18.6 Å². The third-order valence-corrected chi connectivity index (χ3v) is 5.36. The van der Waals surface area contributed by atoms with E-state index in [-0.39, 0.29) is 17.7 Å². The van der Waals surface area contributed by atoms with E-state index in [0.29, 0.717) is 5.75 Å². The maximum absolute atomic E-state index is 12.9. The highest BCUT2D eigenvalue weighted by Crippen LogP contribution is 2.31. The summed E-state index contributed by atoms with van der Waals surface area (Å²) >= 11 is 0. The maximum Gasteiger partial charge on any atom is 0.314 e. The molecular weight excluding hydrogens is 329 g/mol. The third-order valence-electron chi connectivity index (χ3n) is 5.36. The van der Waals surface area contributed by atoms with Crippen LogP contribution in [0.15, 0.2) is 42.6 Å². The van der Waals surface area contributed by atoms with E-state index in [0.717, 1.165) is 55.7 Å². The zero-order chi connectivity index (χ0) is 18.4. The van der Waals surface area contributed by atoms with Crippen molar-refractivity contribution in [2.75, 3.05) is 0 Å². The number of hydrogen-bond acceptors (Lipinski definition) is 3. The van der Waals surface area contributed by atoms with Gasteiger partial charge in [-0.2, -0.15) is 0 Å². The molecule has 0 amide bonds. The number of carbonyl (C=O) groups is 1. The van der Waals surface area contributed by atoms with E-state index in [1.807, 2.05) is 12.1 Å². The Balaban J connectivity index is 1.48. The van der Waals surface area contributed by atoms with Crippen LogP contribution >= 0.6 is 0 Å². The van der Waals surface area contributed by atoms with Gasteiger partial charge in [-0.15, -0.1) is 0 Å². The van der Waals surface area contributed by atoms with E-state index >= 15 is 0 Å². The Morgan fingerprint density at radius 2 is 1.81 bits per heavy atom. The van der Waals surface area contributed by atoms with Crippen LogP contribution in [0.5, 0.6) is 5.75 Å². The van der Waals surface area contributed by atoms with Crippen molar-refractivity contribution in [2.45, 2.75) is 51.9 Å². The lowest BCUT2D eigenvalue weighted by Crippen LogP contribution is -2.25. The smallest absolute Gasteiger partial charge is 0.314 e. The van der Waals surface area contributed by atoms with Crippen molar-refractivity contribution in [1.29, 1.82) is 0 Å². The topological polar surface area (TPSA) is 39.2 Å². The van der Waals surface area contributed by atoms with Gasteiger partial charge in [0.2, 0.25) is 0 Å². The predicted octanol–water partition coefficient (Wildman–Crippen LogP) is 5.13. The Morgan fingerprint density at radius 1 is 1.08 bits per heavy atom. The normalized spacial score (nSPS) is 19.9. The molecule has 0 radical (unpaired) electrons. The van der Waals surface area contributed by atoms with E-state index in [9.17, 15) is 9.18 Å². The summed E-state index contributed by atoms with van der Waals surface area (Å²) in [4.78, 5) is 16.7. The minimum absolute atomic E-state index is 0.0240. The second kappa shape index (κ2) is 8.93. The average Bonchev–Trinajstić information content (AvgIpc) is 2.68. The summed E-state index contributed by atoms with van der Waals surface area (Å²) in [5, 5.41) is 0. The predicted molar refractivity (Wildman–Crippen MR) is 99.4 cm³/mol. The summed E-state index contributed by atoms with van der Waals surface area (Å²) in [5.74, 6) is 0.955. The number of benzene rings is 1. The molecule has 1 saturated carbocycles. The summed E-state index contributed by atoms with van der Waals surface area (Å²) in [6.07, 6.45) is 8.49. The van der Waals surface area contributed by atoms with Crippen LogP contribution in [0.25, 0.3) is 0 Å². The first-order chi connectivity index (χ1) is 12.6. The molecule has 1 aliphatic rings. The molecule has 138 valence electrons. The fourth-order valence-corrected chi connectivity index (χ4v) is 3.55. The Kier molecular flexibility index (Phi) is 6.37. The first kappa shape index (κ1) is 18.6. The van der Waals surface area contributed by atoms with Crippen molar-refractivity contribution in [3.63, 3.8) is 0 Å². The molecule has 1 aliphatic carbocycles. The van der Waals surface area contributed by atoms with Crippen LogP contribution in [0.1, 0.15) is 50.3 Å². The van der Waals surface area contributed by atoms with Gasteiger partial charge < -0.3 is 4.74 Å². The van der Waals surface area contributed by atoms with Crippen LogP contribution in [0.2, 0.25) is 0 Å². The standard InChI is InChI=1S/C22H26FNO2/c1-2-16-3-8-18(9-4-16)22(25)26-21-14-13-20(24-15-21)12-7-17-5-10-19(23)11-6-17/h5-6,10-11,13-16,18H,2-4,7-9,12H2,1H3. The van der Waals surface area contributed by atoms with Crippen LogP contribution in [0.3, 0.4) is 0 Å². The van der Waals surface area contributed by atoms with Crippen LogP contribution < -0.4 is 4.74 Å². The van der Waals surface area contributed by atoms with Crippen LogP contribution in [-0.2, 0) is 17.6 Å². The minimum Gasteiger partial charge on any atom is -0.425 e. The van der Waals surface area contributed by atoms with Gasteiger partial charge in [0, 0.05) is 5.69 Å². The van der Waals surface area contributed by atoms with Crippen molar-refractivity contribution in [2.24, 2.45) is 11.8 Å². The number of aromatic nitrogens is 1. The van der Waals surface area contributed by atoms with E-state index in [2.05, 4.69) is 11.9 Å². The fourth-order valence-electron chi connectivity index (χ4n) is 3.55. The molecule has 0 aliphatic heterocycles. The second-order valence-electron chi connectivity index (χ2n) is 7.16. The Morgan fingerprint density at radius 3 is 2.42 bits per heavy atom. The first-order valence-electron chi connectivity index (χ1n) is 9.55. The Bertz CT molecular complexity index is 704. The molecule has 1 aromatic carbocycles. The number of ether oxygens (including phenoxy) is 1. The van der Waals surface area contributed by atoms with E-state index < -0.39 is 0 Å². The summed E-state index contributed by atoms with van der Waals surface area (Å²) in [6.45, 7) is 2.21. The number of nitrogens with zero attached hydrogens (tertiary/aromatic N) is 1. The van der Waals surface area contributed by atoms with Crippen molar-refractivity contribution in [3.05, 3.63) is 59.7 Å². The lowest BCUT2D eigenvalue weighted by molar-refractivity contribution is -0.140. The molecule has 26 heavy (non-hydrogen) atoms. The van der Waals surface area contributed by atoms with Crippen LogP contribution in [0.4, 0.5) is 4.39 Å². The molecule has 0 spiro atoms. The largest absolute Gasteiger partial charge is 0.425 e. The Labute approximate surface area is 154 Å². The van der Waals surface area contributed by atoms with Gasteiger partial charge in [0.1, 0.15) is 11.6 Å². The second-order valence-corrected chi connectivity index (χ2v) is 7.16. The zero-order valence-corrected chi connectivity index (χ0v) is 15.3. The fraction of sp³-hybridized carbons (Fsp3) is 0.455. The van der Waals surface area contributed by atoms with Crippen molar-refractivity contribution < 1.29 is 13.9 Å². The molecule has 3 rings (SSSR count). The maximum atomic E-state index is 12.9. The molecule has 0 atom stereocenters. The number of rotatable bonds is 6. The zero-order valence-electron chi connectivity index (χ0n) is 15.3. The number of pyridine rings is 1. The summed E-state index contributed by atoms with van der Waals surface area (Å²) in [6, 6.07) is 10.2.